The second kappa shape index (κ2) is 10.5. The van der Waals surface area contributed by atoms with Crippen LogP contribution in [0.5, 0.6) is 11.5 Å². The number of methoxy groups -OCH3 is 2. The van der Waals surface area contributed by atoms with Crippen LogP contribution in [0.25, 0.3) is 0 Å². The quantitative estimate of drug-likeness (QED) is 0.492. The highest BCUT2D eigenvalue weighted by Crippen LogP contribution is 2.31. The maximum absolute atomic E-state index is 5.45. The molecule has 28 heavy (non-hydrogen) atoms. The number of benzene rings is 1. The van der Waals surface area contributed by atoms with Gasteiger partial charge in [-0.15, -0.1) is 0 Å². The zero-order valence-corrected chi connectivity index (χ0v) is 17.6. The molecular weight excluding hydrogens is 358 g/mol. The van der Waals surface area contributed by atoms with Crippen molar-refractivity contribution in [1.82, 2.24) is 30.3 Å². The molecule has 2 aromatic rings. The average Bonchev–Trinajstić information content (AvgIpc) is 3.10. The highest BCUT2D eigenvalue weighted by atomic mass is 16.5. The van der Waals surface area contributed by atoms with Gasteiger partial charge in [0.05, 0.1) is 20.3 Å². The first-order valence-electron chi connectivity index (χ1n) is 9.23. The zero-order valence-electron chi connectivity index (χ0n) is 17.6. The molecule has 1 heterocycles. The number of ether oxygens (including phenoxy) is 2. The van der Waals surface area contributed by atoms with E-state index in [-0.39, 0.29) is 6.04 Å². The number of likely N-dealkylation sites (N-methyl/N-ethyl adjacent to an activating group) is 1. The van der Waals surface area contributed by atoms with E-state index in [4.69, 9.17) is 9.47 Å². The Morgan fingerprint density at radius 1 is 1.21 bits per heavy atom. The van der Waals surface area contributed by atoms with Crippen molar-refractivity contribution < 1.29 is 9.47 Å². The second-order valence-corrected chi connectivity index (χ2v) is 6.47. The predicted octanol–water partition coefficient (Wildman–Crippen LogP) is 1.19. The Morgan fingerprint density at radius 2 is 1.96 bits per heavy atom. The van der Waals surface area contributed by atoms with E-state index in [0.29, 0.717) is 13.1 Å². The SMILES string of the molecule is CCNC(=NCc1ncnn1C)NCC(c1ccc(OC)c(OC)c1)N(C)C. The Kier molecular flexibility index (Phi) is 8.06. The van der Waals surface area contributed by atoms with Gasteiger partial charge < -0.3 is 25.0 Å². The van der Waals surface area contributed by atoms with Gasteiger partial charge in [0.15, 0.2) is 17.5 Å². The first-order chi connectivity index (χ1) is 13.5. The number of aliphatic imine (C=N–C) groups is 1. The molecule has 9 heteroatoms. The van der Waals surface area contributed by atoms with Crippen molar-refractivity contribution in [2.45, 2.75) is 19.5 Å². The fraction of sp³-hybridized carbons (Fsp3) is 0.526. The van der Waals surface area contributed by atoms with E-state index in [1.165, 1.54) is 6.33 Å². The topological polar surface area (TPSA) is 88.8 Å². The maximum Gasteiger partial charge on any atom is 0.191 e. The van der Waals surface area contributed by atoms with Crippen LogP contribution in [-0.4, -0.2) is 67.0 Å². The summed E-state index contributed by atoms with van der Waals surface area (Å²) in [5.41, 5.74) is 1.12. The minimum atomic E-state index is 0.124. The van der Waals surface area contributed by atoms with Gasteiger partial charge in [-0.3, -0.25) is 4.68 Å². The van der Waals surface area contributed by atoms with Crippen LogP contribution >= 0.6 is 0 Å². The lowest BCUT2D eigenvalue weighted by atomic mass is 10.1. The first-order valence-corrected chi connectivity index (χ1v) is 9.23. The van der Waals surface area contributed by atoms with Gasteiger partial charge in [0.2, 0.25) is 0 Å². The lowest BCUT2D eigenvalue weighted by Crippen LogP contribution is -2.41. The third-order valence-electron chi connectivity index (χ3n) is 4.41. The van der Waals surface area contributed by atoms with Crippen LogP contribution in [0.3, 0.4) is 0 Å². The number of rotatable bonds is 9. The number of nitrogens with one attached hydrogen (secondary N) is 2. The van der Waals surface area contributed by atoms with Crippen LogP contribution < -0.4 is 20.1 Å². The third kappa shape index (κ3) is 5.59. The number of hydrogen-bond acceptors (Lipinski definition) is 6. The van der Waals surface area contributed by atoms with Gasteiger partial charge in [0.1, 0.15) is 18.7 Å². The van der Waals surface area contributed by atoms with E-state index >= 15 is 0 Å². The molecule has 1 aromatic heterocycles. The number of hydrogen-bond donors (Lipinski definition) is 2. The molecule has 0 aliphatic rings. The van der Waals surface area contributed by atoms with Crippen LogP contribution in [0, 0.1) is 0 Å². The van der Waals surface area contributed by atoms with Crippen LogP contribution in [0.1, 0.15) is 24.4 Å². The Balaban J connectivity index is 2.12. The fourth-order valence-corrected chi connectivity index (χ4v) is 2.81. The van der Waals surface area contributed by atoms with Crippen molar-refractivity contribution in [1.29, 1.82) is 0 Å². The molecule has 1 aromatic carbocycles. The molecule has 0 fully saturated rings. The molecule has 0 bridgehead atoms. The largest absolute Gasteiger partial charge is 0.493 e. The van der Waals surface area contributed by atoms with E-state index in [9.17, 15) is 0 Å². The molecular formula is C19H31N7O2. The average molecular weight is 390 g/mol. The summed E-state index contributed by atoms with van der Waals surface area (Å²) in [6.07, 6.45) is 1.53. The highest BCUT2D eigenvalue weighted by molar-refractivity contribution is 5.79. The van der Waals surface area contributed by atoms with E-state index in [2.05, 4.69) is 36.7 Å². The van der Waals surface area contributed by atoms with E-state index < -0.39 is 0 Å². The molecule has 0 aliphatic carbocycles. The number of aryl methyl sites for hydroxylation is 1. The van der Waals surface area contributed by atoms with E-state index in [1.807, 2.05) is 40.2 Å². The monoisotopic (exact) mass is 389 g/mol. The third-order valence-corrected chi connectivity index (χ3v) is 4.41. The zero-order chi connectivity index (χ0) is 20.5. The minimum Gasteiger partial charge on any atom is -0.493 e. The molecule has 1 atom stereocenters. The lowest BCUT2D eigenvalue weighted by Gasteiger charge is -2.26. The molecule has 0 aliphatic heterocycles. The molecule has 0 spiro atoms. The Morgan fingerprint density at radius 3 is 2.54 bits per heavy atom. The first kappa shape index (κ1) is 21.5. The summed E-state index contributed by atoms with van der Waals surface area (Å²) in [6, 6.07) is 6.11. The molecule has 0 saturated heterocycles. The summed E-state index contributed by atoms with van der Waals surface area (Å²) in [4.78, 5) is 11.0. The smallest absolute Gasteiger partial charge is 0.191 e. The predicted molar refractivity (Wildman–Crippen MR) is 110 cm³/mol. The molecule has 2 rings (SSSR count). The second-order valence-electron chi connectivity index (χ2n) is 6.47. The Bertz CT molecular complexity index is 773. The van der Waals surface area contributed by atoms with Gasteiger partial charge in [-0.25, -0.2) is 9.98 Å². The molecule has 0 radical (unpaired) electrons. The fourth-order valence-electron chi connectivity index (χ4n) is 2.81. The summed E-state index contributed by atoms with van der Waals surface area (Å²) in [5, 5.41) is 10.8. The molecule has 0 saturated carbocycles. The summed E-state index contributed by atoms with van der Waals surface area (Å²) in [7, 11) is 9.24. The standard InChI is InChI=1S/C19H31N7O2/c1-7-20-19(22-12-18-23-13-24-26(18)4)21-11-15(25(2)3)14-8-9-16(27-5)17(10-14)28-6/h8-10,13,15H,7,11-12H2,1-6H3,(H2,20,21,22). The van der Waals surface area contributed by atoms with Gasteiger partial charge >= 0.3 is 0 Å². The van der Waals surface area contributed by atoms with Crippen molar-refractivity contribution in [2.24, 2.45) is 12.0 Å². The highest BCUT2D eigenvalue weighted by Gasteiger charge is 2.17. The molecule has 9 nitrogen and oxygen atoms in total. The van der Waals surface area contributed by atoms with Crippen molar-refractivity contribution in [2.75, 3.05) is 41.4 Å². The Hall–Kier alpha value is -2.81. The molecule has 1 unspecified atom stereocenters. The summed E-state index contributed by atoms with van der Waals surface area (Å²) >= 11 is 0. The molecule has 0 amide bonds. The summed E-state index contributed by atoms with van der Waals surface area (Å²) in [6.45, 7) is 3.94. The van der Waals surface area contributed by atoms with Crippen molar-refractivity contribution in [3.63, 3.8) is 0 Å². The lowest BCUT2D eigenvalue weighted by molar-refractivity contribution is 0.295. The van der Waals surface area contributed by atoms with E-state index in [0.717, 1.165) is 35.4 Å². The van der Waals surface area contributed by atoms with Crippen molar-refractivity contribution in [3.05, 3.63) is 35.9 Å². The van der Waals surface area contributed by atoms with Crippen LogP contribution in [0.4, 0.5) is 0 Å². The Labute approximate surface area is 166 Å². The van der Waals surface area contributed by atoms with Gasteiger partial charge in [0.25, 0.3) is 0 Å². The van der Waals surface area contributed by atoms with Crippen LogP contribution in [0.2, 0.25) is 0 Å². The van der Waals surface area contributed by atoms with Gasteiger partial charge in [-0.2, -0.15) is 5.10 Å². The summed E-state index contributed by atoms with van der Waals surface area (Å²) < 4.78 is 12.5. The minimum absolute atomic E-state index is 0.124. The number of nitrogens with zero attached hydrogens (tertiary/aromatic N) is 5. The van der Waals surface area contributed by atoms with E-state index in [1.54, 1.807) is 18.9 Å². The van der Waals surface area contributed by atoms with Gasteiger partial charge in [-0.05, 0) is 38.7 Å². The summed E-state index contributed by atoms with van der Waals surface area (Å²) in [5.74, 6) is 2.98. The van der Waals surface area contributed by atoms with Crippen LogP contribution in [0.15, 0.2) is 29.5 Å². The van der Waals surface area contributed by atoms with Crippen molar-refractivity contribution in [3.8, 4) is 11.5 Å². The number of guanidine groups is 1. The normalized spacial score (nSPS) is 12.8. The van der Waals surface area contributed by atoms with Gasteiger partial charge in [0, 0.05) is 20.1 Å². The van der Waals surface area contributed by atoms with Gasteiger partial charge in [-0.1, -0.05) is 6.07 Å². The van der Waals surface area contributed by atoms with Crippen LogP contribution in [-0.2, 0) is 13.6 Å². The molecule has 154 valence electrons. The van der Waals surface area contributed by atoms with Crippen molar-refractivity contribution >= 4 is 5.96 Å². The molecule has 2 N–H and O–H groups in total. The number of aromatic nitrogens is 3. The maximum atomic E-state index is 5.45.